The fourth-order valence-electron chi connectivity index (χ4n) is 4.96. The standard InChI is InChI=1S/C41H70O6/c1-3-5-7-8-9-10-11-12-13-14-18-21-24-27-30-34-40(44)46-36-39(43)37-47-41(45)35-31-28-25-22-19-16-15-17-20-23-26-29-33-38(42)32-6-4-2/h6,15-16,20,22-23,25-26,29,32,38-39,42-43H,3-5,7-14,17-19,21,24,27-28,30-31,33-37H2,1-2H3/b16-15-,23-20-,25-22-,29-26+,32-6-/t38?,39-/m0/s1. The number of carbonyl (C=O) groups excluding carboxylic acids is 2. The highest BCUT2D eigenvalue weighted by atomic mass is 16.6. The topological polar surface area (TPSA) is 93.1 Å². The number of unbranched alkanes of at least 4 members (excludes halogenated alkanes) is 15. The predicted octanol–water partition coefficient (Wildman–Crippen LogP) is 10.6. The highest BCUT2D eigenvalue weighted by molar-refractivity contribution is 5.69. The molecule has 0 aromatic heterocycles. The van der Waals surface area contributed by atoms with Gasteiger partial charge in [0.25, 0.3) is 0 Å². The fourth-order valence-corrected chi connectivity index (χ4v) is 4.96. The average Bonchev–Trinajstić information content (AvgIpc) is 3.07. The Morgan fingerprint density at radius 3 is 1.57 bits per heavy atom. The lowest BCUT2D eigenvalue weighted by Gasteiger charge is -2.12. The highest BCUT2D eigenvalue weighted by Gasteiger charge is 2.12. The minimum absolute atomic E-state index is 0.144. The Morgan fingerprint density at radius 1 is 0.553 bits per heavy atom. The lowest BCUT2D eigenvalue weighted by atomic mass is 10.0. The number of rotatable bonds is 33. The number of aliphatic hydroxyl groups excluding tert-OH is 2. The van der Waals surface area contributed by atoms with Gasteiger partial charge in [-0.05, 0) is 44.9 Å². The van der Waals surface area contributed by atoms with Crippen LogP contribution in [0.25, 0.3) is 0 Å². The SMILES string of the molecule is CC/C=C\C(O)C/C=C/C=C\C/C=C\C/C=C\CCCC(=O)OC[C@@H](O)COC(=O)CCCCCCCCCCCCCCCCC. The minimum atomic E-state index is -0.998. The van der Waals surface area contributed by atoms with Gasteiger partial charge >= 0.3 is 11.9 Å². The van der Waals surface area contributed by atoms with E-state index in [0.717, 1.165) is 44.9 Å². The van der Waals surface area contributed by atoms with Crippen LogP contribution in [0.4, 0.5) is 0 Å². The Bertz CT molecular complexity index is 856. The molecule has 0 bridgehead atoms. The van der Waals surface area contributed by atoms with E-state index < -0.39 is 12.2 Å². The molecule has 0 radical (unpaired) electrons. The molecule has 2 N–H and O–H groups in total. The van der Waals surface area contributed by atoms with Gasteiger partial charge in [0, 0.05) is 12.8 Å². The van der Waals surface area contributed by atoms with E-state index in [1.807, 2.05) is 37.3 Å². The van der Waals surface area contributed by atoms with Gasteiger partial charge in [0.2, 0.25) is 0 Å². The first-order valence-corrected chi connectivity index (χ1v) is 18.9. The van der Waals surface area contributed by atoms with E-state index in [-0.39, 0.29) is 31.6 Å². The number of carbonyl (C=O) groups is 2. The van der Waals surface area contributed by atoms with Gasteiger partial charge in [-0.1, -0.05) is 164 Å². The van der Waals surface area contributed by atoms with Crippen LogP contribution in [0.2, 0.25) is 0 Å². The molecule has 0 aromatic carbocycles. The summed E-state index contributed by atoms with van der Waals surface area (Å²) in [6, 6.07) is 0. The molecule has 0 fully saturated rings. The Hall–Kier alpha value is -2.44. The first-order chi connectivity index (χ1) is 23.0. The molecule has 0 aromatic rings. The van der Waals surface area contributed by atoms with Gasteiger partial charge in [-0.25, -0.2) is 0 Å². The van der Waals surface area contributed by atoms with Gasteiger partial charge in [0.15, 0.2) is 0 Å². The number of esters is 2. The molecule has 270 valence electrons. The van der Waals surface area contributed by atoms with Gasteiger partial charge in [0.1, 0.15) is 19.3 Å². The van der Waals surface area contributed by atoms with Crippen LogP contribution in [-0.2, 0) is 19.1 Å². The molecule has 0 spiro atoms. The number of aliphatic hydroxyl groups is 2. The van der Waals surface area contributed by atoms with Crippen LogP contribution in [0.3, 0.4) is 0 Å². The van der Waals surface area contributed by atoms with Crippen molar-refractivity contribution in [3.8, 4) is 0 Å². The van der Waals surface area contributed by atoms with Gasteiger partial charge in [-0.15, -0.1) is 0 Å². The van der Waals surface area contributed by atoms with Crippen molar-refractivity contribution in [2.75, 3.05) is 13.2 Å². The summed E-state index contributed by atoms with van der Waals surface area (Å²) < 4.78 is 10.3. The van der Waals surface area contributed by atoms with Crippen LogP contribution in [0, 0.1) is 0 Å². The van der Waals surface area contributed by atoms with Crippen molar-refractivity contribution in [3.63, 3.8) is 0 Å². The predicted molar refractivity (Wildman–Crippen MR) is 197 cm³/mol. The van der Waals surface area contributed by atoms with Crippen LogP contribution >= 0.6 is 0 Å². The Balaban J connectivity index is 3.58. The third-order valence-electron chi connectivity index (χ3n) is 7.84. The Labute approximate surface area is 288 Å². The molecular weight excluding hydrogens is 588 g/mol. The van der Waals surface area contributed by atoms with E-state index in [0.29, 0.717) is 19.3 Å². The molecule has 1 unspecified atom stereocenters. The summed E-state index contributed by atoms with van der Waals surface area (Å²) >= 11 is 0. The molecule has 0 aliphatic rings. The molecule has 0 aliphatic heterocycles. The molecule has 47 heavy (non-hydrogen) atoms. The third kappa shape index (κ3) is 36.2. The molecule has 0 rings (SSSR count). The first-order valence-electron chi connectivity index (χ1n) is 18.9. The second kappa shape index (κ2) is 36.4. The van der Waals surface area contributed by atoms with Crippen molar-refractivity contribution in [2.45, 2.75) is 174 Å². The van der Waals surface area contributed by atoms with Gasteiger partial charge in [0.05, 0.1) is 6.10 Å². The van der Waals surface area contributed by atoms with Crippen LogP contribution < -0.4 is 0 Å². The summed E-state index contributed by atoms with van der Waals surface area (Å²) in [5.41, 5.74) is 0. The van der Waals surface area contributed by atoms with E-state index in [9.17, 15) is 19.8 Å². The first kappa shape index (κ1) is 44.6. The smallest absolute Gasteiger partial charge is 0.305 e. The maximum Gasteiger partial charge on any atom is 0.305 e. The van der Waals surface area contributed by atoms with Crippen LogP contribution in [0.15, 0.2) is 60.8 Å². The van der Waals surface area contributed by atoms with E-state index in [1.54, 1.807) is 0 Å². The molecule has 0 saturated carbocycles. The molecule has 2 atom stereocenters. The van der Waals surface area contributed by atoms with E-state index in [2.05, 4.69) is 37.3 Å². The van der Waals surface area contributed by atoms with Crippen molar-refractivity contribution >= 4 is 11.9 Å². The zero-order valence-corrected chi connectivity index (χ0v) is 30.1. The van der Waals surface area contributed by atoms with E-state index >= 15 is 0 Å². The normalized spacial score (nSPS) is 13.5. The summed E-state index contributed by atoms with van der Waals surface area (Å²) in [7, 11) is 0. The van der Waals surface area contributed by atoms with Crippen LogP contribution in [0.1, 0.15) is 162 Å². The summed E-state index contributed by atoms with van der Waals surface area (Å²) in [4.78, 5) is 23.9. The van der Waals surface area contributed by atoms with Gasteiger partial charge < -0.3 is 19.7 Å². The zero-order chi connectivity index (χ0) is 34.5. The summed E-state index contributed by atoms with van der Waals surface area (Å²) in [5.74, 6) is -0.655. The number of hydrogen-bond acceptors (Lipinski definition) is 6. The second-order valence-corrected chi connectivity index (χ2v) is 12.5. The third-order valence-corrected chi connectivity index (χ3v) is 7.84. The quantitative estimate of drug-likeness (QED) is 0.0315. The lowest BCUT2D eigenvalue weighted by molar-refractivity contribution is -0.152. The molecule has 0 saturated heterocycles. The van der Waals surface area contributed by atoms with E-state index in [1.165, 1.54) is 77.0 Å². The molecular formula is C41H70O6. The summed E-state index contributed by atoms with van der Waals surface area (Å²) in [6.07, 6.45) is 43.3. The average molecular weight is 659 g/mol. The molecule has 0 amide bonds. The second-order valence-electron chi connectivity index (χ2n) is 12.5. The minimum Gasteiger partial charge on any atom is -0.463 e. The molecule has 6 heteroatoms. The molecule has 0 heterocycles. The monoisotopic (exact) mass is 659 g/mol. The van der Waals surface area contributed by atoms with Crippen molar-refractivity contribution in [1.29, 1.82) is 0 Å². The summed E-state index contributed by atoms with van der Waals surface area (Å²) in [6.45, 7) is 4.01. The fraction of sp³-hybridized carbons (Fsp3) is 0.707. The highest BCUT2D eigenvalue weighted by Crippen LogP contribution is 2.14. The van der Waals surface area contributed by atoms with Gasteiger partial charge in [-0.3, -0.25) is 9.59 Å². The molecule has 6 nitrogen and oxygen atoms in total. The van der Waals surface area contributed by atoms with E-state index in [4.69, 9.17) is 9.47 Å². The van der Waals surface area contributed by atoms with Gasteiger partial charge in [-0.2, -0.15) is 0 Å². The van der Waals surface area contributed by atoms with Crippen molar-refractivity contribution < 1.29 is 29.3 Å². The maximum absolute atomic E-state index is 11.9. The number of hydrogen-bond donors (Lipinski definition) is 2. The van der Waals surface area contributed by atoms with Crippen LogP contribution in [0.5, 0.6) is 0 Å². The largest absolute Gasteiger partial charge is 0.463 e. The Kier molecular flexibility index (Phi) is 34.5. The zero-order valence-electron chi connectivity index (χ0n) is 30.1. The van der Waals surface area contributed by atoms with Crippen LogP contribution in [-0.4, -0.2) is 47.6 Å². The summed E-state index contributed by atoms with van der Waals surface area (Å²) in [5, 5.41) is 19.7. The number of allylic oxidation sites excluding steroid dienone is 8. The van der Waals surface area contributed by atoms with Crippen molar-refractivity contribution in [3.05, 3.63) is 60.8 Å². The Morgan fingerprint density at radius 2 is 1.02 bits per heavy atom. The van der Waals surface area contributed by atoms with Crippen molar-refractivity contribution in [1.82, 2.24) is 0 Å². The number of ether oxygens (including phenoxy) is 2. The maximum atomic E-state index is 11.9. The lowest BCUT2D eigenvalue weighted by Crippen LogP contribution is -2.25. The molecule has 0 aliphatic carbocycles. The van der Waals surface area contributed by atoms with Crippen molar-refractivity contribution in [2.24, 2.45) is 0 Å².